The van der Waals surface area contributed by atoms with Crippen molar-refractivity contribution in [3.63, 3.8) is 0 Å². The topological polar surface area (TPSA) is 109 Å². The number of hydrogen-bond donors (Lipinski definition) is 0. The second-order valence-electron chi connectivity index (χ2n) is 5.86. The average molecular weight is 441 g/mol. The summed E-state index contributed by atoms with van der Waals surface area (Å²) in [5.41, 5.74) is 0.865. The Morgan fingerprint density at radius 3 is 2.00 bits per heavy atom. The van der Waals surface area contributed by atoms with Crippen LogP contribution in [0.5, 0.6) is 0 Å². The predicted octanol–water partition coefficient (Wildman–Crippen LogP) is 4.06. The molecule has 0 aliphatic heterocycles. The second-order valence-corrected chi connectivity index (χ2v) is 6.62. The molecule has 0 aliphatic carbocycles. The van der Waals surface area contributed by atoms with E-state index in [2.05, 4.69) is 4.98 Å². The largest absolute Gasteiger partial charge is 0.461 e. The molecule has 1 aromatic heterocycles. The Bertz CT molecular complexity index is 904. The summed E-state index contributed by atoms with van der Waals surface area (Å²) in [6.07, 6.45) is 0. The molecule has 1 aromatic carbocycles. The molecule has 0 unspecified atom stereocenters. The van der Waals surface area contributed by atoms with Crippen LogP contribution in [0.4, 0.5) is 5.69 Å². The average Bonchev–Trinajstić information content (AvgIpc) is 2.69. The van der Waals surface area contributed by atoms with Crippen molar-refractivity contribution in [1.82, 2.24) is 4.98 Å². The summed E-state index contributed by atoms with van der Waals surface area (Å²) < 4.78 is 10.3. The molecule has 2 aromatic rings. The third-order valence-electron chi connectivity index (χ3n) is 3.93. The number of nitro groups is 1. The van der Waals surface area contributed by atoms with Crippen molar-refractivity contribution in [1.29, 1.82) is 0 Å². The van der Waals surface area contributed by atoms with E-state index in [0.717, 1.165) is 0 Å². The van der Waals surface area contributed by atoms with Gasteiger partial charge in [-0.3, -0.25) is 15.1 Å². The quantitative estimate of drug-likeness (QED) is 0.263. The fourth-order valence-corrected chi connectivity index (χ4v) is 2.97. The maximum atomic E-state index is 12.7. The second kappa shape index (κ2) is 10.2. The van der Waals surface area contributed by atoms with Gasteiger partial charge in [-0.2, -0.15) is 0 Å². The molecular weight excluding hydrogens is 423 g/mol. The molecule has 0 atom stereocenters. The van der Waals surface area contributed by atoms with Gasteiger partial charge in [0.05, 0.1) is 39.2 Å². The Hall–Kier alpha value is -2.71. The zero-order valence-corrected chi connectivity index (χ0v) is 17.2. The highest BCUT2D eigenvalue weighted by Crippen LogP contribution is 2.34. The molecule has 1 heterocycles. The van der Waals surface area contributed by atoms with Gasteiger partial charge in [0.2, 0.25) is 0 Å². The number of pyridine rings is 1. The van der Waals surface area contributed by atoms with Gasteiger partial charge in [0.15, 0.2) is 0 Å². The molecule has 8 nitrogen and oxygen atoms in total. The maximum Gasteiger partial charge on any atom is 0.340 e. The number of benzene rings is 1. The van der Waals surface area contributed by atoms with E-state index in [1.807, 2.05) is 0 Å². The van der Waals surface area contributed by atoms with Crippen molar-refractivity contribution in [2.45, 2.75) is 13.8 Å². The summed E-state index contributed by atoms with van der Waals surface area (Å²) in [5.74, 6) is -1.33. The van der Waals surface area contributed by atoms with E-state index in [4.69, 9.17) is 32.7 Å². The van der Waals surface area contributed by atoms with E-state index in [-0.39, 0.29) is 52.9 Å². The molecular formula is C19H18Cl2N2O6. The van der Waals surface area contributed by atoms with Gasteiger partial charge >= 0.3 is 11.9 Å². The van der Waals surface area contributed by atoms with Crippen molar-refractivity contribution >= 4 is 40.8 Å². The molecule has 0 N–H and O–H groups in total. The maximum absolute atomic E-state index is 12.7. The normalized spacial score (nSPS) is 10.5. The fourth-order valence-electron chi connectivity index (χ4n) is 2.82. The van der Waals surface area contributed by atoms with Crippen molar-refractivity contribution in [2.75, 3.05) is 25.0 Å². The Morgan fingerprint density at radius 2 is 1.55 bits per heavy atom. The zero-order valence-electron chi connectivity index (χ0n) is 15.7. The van der Waals surface area contributed by atoms with Crippen molar-refractivity contribution in [2.24, 2.45) is 0 Å². The lowest BCUT2D eigenvalue weighted by Crippen LogP contribution is -2.18. The van der Waals surface area contributed by atoms with E-state index in [1.54, 1.807) is 19.9 Å². The lowest BCUT2D eigenvalue weighted by atomic mass is 9.92. The van der Waals surface area contributed by atoms with Gasteiger partial charge in [-0.15, -0.1) is 23.2 Å². The van der Waals surface area contributed by atoms with E-state index in [9.17, 15) is 19.7 Å². The minimum atomic E-state index is -0.747. The van der Waals surface area contributed by atoms with E-state index in [1.165, 1.54) is 18.2 Å². The molecule has 0 radical (unpaired) electrons. The lowest BCUT2D eigenvalue weighted by Gasteiger charge is -2.18. The Balaban J connectivity index is 2.80. The van der Waals surface area contributed by atoms with Crippen LogP contribution in [0.15, 0.2) is 24.3 Å². The number of non-ortho nitro benzene ring substituents is 1. The number of aryl methyl sites for hydroxylation is 2. The zero-order chi connectivity index (χ0) is 21.6. The Kier molecular flexibility index (Phi) is 7.92. The molecule has 0 fully saturated rings. The smallest absolute Gasteiger partial charge is 0.340 e. The summed E-state index contributed by atoms with van der Waals surface area (Å²) in [4.78, 5) is 40.3. The van der Waals surface area contributed by atoms with Crippen molar-refractivity contribution in [3.8, 4) is 11.1 Å². The first kappa shape index (κ1) is 22.6. The number of nitro benzene ring substituents is 1. The number of alkyl halides is 2. The molecule has 0 saturated carbocycles. The molecule has 0 spiro atoms. The van der Waals surface area contributed by atoms with Gasteiger partial charge in [0, 0.05) is 17.7 Å². The molecule has 154 valence electrons. The van der Waals surface area contributed by atoms with Crippen LogP contribution < -0.4 is 0 Å². The number of aromatic nitrogens is 1. The number of nitrogens with zero attached hydrogens (tertiary/aromatic N) is 2. The molecule has 2 rings (SSSR count). The van der Waals surface area contributed by atoms with Crippen LogP contribution in [0.3, 0.4) is 0 Å². The summed E-state index contributed by atoms with van der Waals surface area (Å²) in [5, 5.41) is 11.2. The monoisotopic (exact) mass is 440 g/mol. The van der Waals surface area contributed by atoms with E-state index >= 15 is 0 Å². The van der Waals surface area contributed by atoms with Gasteiger partial charge in [-0.1, -0.05) is 12.1 Å². The number of esters is 2. The highest BCUT2D eigenvalue weighted by Gasteiger charge is 2.28. The molecule has 0 amide bonds. The van der Waals surface area contributed by atoms with Crippen LogP contribution in [-0.4, -0.2) is 46.8 Å². The number of carbonyl (C=O) groups is 2. The highest BCUT2D eigenvalue weighted by atomic mass is 35.5. The van der Waals surface area contributed by atoms with E-state index < -0.39 is 16.9 Å². The molecule has 0 saturated heterocycles. The molecule has 10 heteroatoms. The van der Waals surface area contributed by atoms with E-state index in [0.29, 0.717) is 11.4 Å². The van der Waals surface area contributed by atoms with Gasteiger partial charge in [0.1, 0.15) is 13.2 Å². The predicted molar refractivity (Wildman–Crippen MR) is 108 cm³/mol. The summed E-state index contributed by atoms with van der Waals surface area (Å²) in [6.45, 7) is 3.07. The summed E-state index contributed by atoms with van der Waals surface area (Å²) in [6, 6.07) is 5.59. The SMILES string of the molecule is Cc1nc(C)c(C(=O)OCCCl)c(-c2cccc([N+](=O)[O-])c2)c1C(=O)OCCCl. The van der Waals surface area contributed by atoms with Gasteiger partial charge < -0.3 is 9.47 Å². The summed E-state index contributed by atoms with van der Waals surface area (Å²) >= 11 is 11.2. The number of carbonyl (C=O) groups excluding carboxylic acids is 2. The first-order valence-corrected chi connectivity index (χ1v) is 9.60. The number of rotatable bonds is 8. The fraction of sp³-hybridized carbons (Fsp3) is 0.316. The van der Waals surface area contributed by atoms with Crippen LogP contribution in [-0.2, 0) is 9.47 Å². The van der Waals surface area contributed by atoms with Crippen LogP contribution in [0, 0.1) is 24.0 Å². The number of hydrogen-bond acceptors (Lipinski definition) is 7. The standard InChI is InChI=1S/C19H18Cl2N2O6/c1-11-15(18(24)28-8-6-20)17(13-4-3-5-14(10-13)23(26)27)16(12(2)22-11)19(25)29-9-7-21/h3-5,10H,6-9H2,1-2H3. The van der Waals surface area contributed by atoms with Gasteiger partial charge in [0.25, 0.3) is 5.69 Å². The Labute approximate surface area is 176 Å². The molecule has 0 bridgehead atoms. The minimum absolute atomic E-state index is 0.0130. The van der Waals surface area contributed by atoms with Gasteiger partial charge in [-0.25, -0.2) is 9.59 Å². The third-order valence-corrected chi connectivity index (χ3v) is 4.24. The van der Waals surface area contributed by atoms with Crippen LogP contribution in [0.2, 0.25) is 0 Å². The van der Waals surface area contributed by atoms with Crippen LogP contribution in [0.25, 0.3) is 11.1 Å². The minimum Gasteiger partial charge on any atom is -0.461 e. The number of halogens is 2. The highest BCUT2D eigenvalue weighted by molar-refractivity contribution is 6.18. The number of ether oxygens (including phenoxy) is 2. The first-order valence-electron chi connectivity index (χ1n) is 8.54. The summed E-state index contributed by atoms with van der Waals surface area (Å²) in [7, 11) is 0. The first-order chi connectivity index (χ1) is 13.8. The molecule has 29 heavy (non-hydrogen) atoms. The molecule has 0 aliphatic rings. The van der Waals surface area contributed by atoms with Crippen molar-refractivity contribution < 1.29 is 24.0 Å². The van der Waals surface area contributed by atoms with Crippen LogP contribution >= 0.6 is 23.2 Å². The van der Waals surface area contributed by atoms with Gasteiger partial charge in [-0.05, 0) is 19.4 Å². The van der Waals surface area contributed by atoms with Crippen LogP contribution in [0.1, 0.15) is 32.1 Å². The third kappa shape index (κ3) is 5.21. The Morgan fingerprint density at radius 1 is 1.03 bits per heavy atom. The van der Waals surface area contributed by atoms with Crippen molar-refractivity contribution in [3.05, 3.63) is 56.9 Å². The lowest BCUT2D eigenvalue weighted by molar-refractivity contribution is -0.384.